The largest absolute Gasteiger partial charge is 0.338 e. The monoisotopic (exact) mass is 338 g/mol. The van der Waals surface area contributed by atoms with Crippen molar-refractivity contribution in [2.75, 3.05) is 38.1 Å². The molecule has 1 saturated heterocycles. The zero-order chi connectivity index (χ0) is 17.6. The molecular weight excluding hydrogens is 316 g/mol. The molecule has 7 nitrogen and oxygen atoms in total. The van der Waals surface area contributed by atoms with Crippen LogP contribution in [-0.4, -0.2) is 64.3 Å². The normalized spacial score (nSPS) is 14.9. The van der Waals surface area contributed by atoms with Crippen LogP contribution in [0.1, 0.15) is 6.92 Å². The van der Waals surface area contributed by atoms with Crippen LogP contribution >= 0.6 is 0 Å². The zero-order valence-electron chi connectivity index (χ0n) is 14.5. The number of anilines is 1. The van der Waals surface area contributed by atoms with Gasteiger partial charge in [0.25, 0.3) is 0 Å². The number of carbonyl (C=O) groups excluding carboxylic acids is 1. The molecule has 2 aromatic heterocycles. The fraction of sp³-hybridized carbons (Fsp3) is 0.333. The van der Waals surface area contributed by atoms with Crippen molar-refractivity contribution < 1.29 is 4.79 Å². The molecule has 25 heavy (non-hydrogen) atoms. The lowest BCUT2D eigenvalue weighted by atomic mass is 10.3. The van der Waals surface area contributed by atoms with Gasteiger partial charge in [0.2, 0.25) is 5.95 Å². The summed E-state index contributed by atoms with van der Waals surface area (Å²) in [5.74, 6) is 1.57. The van der Waals surface area contributed by atoms with E-state index in [1.54, 1.807) is 0 Å². The Bertz CT molecular complexity index is 805. The van der Waals surface area contributed by atoms with E-state index < -0.39 is 0 Å². The molecule has 3 aromatic rings. The number of hydrogen-bond donors (Lipinski definition) is 1. The summed E-state index contributed by atoms with van der Waals surface area (Å²) in [5, 5.41) is 0. The number of hydrogen-bond acceptors (Lipinski definition) is 6. The molecule has 130 valence electrons. The summed E-state index contributed by atoms with van der Waals surface area (Å²) >= 11 is 0. The number of H-pyrrole nitrogens is 1. The maximum Gasteiger partial charge on any atom is 0.226 e. The average Bonchev–Trinajstić information content (AvgIpc) is 3.07. The van der Waals surface area contributed by atoms with Crippen molar-refractivity contribution in [3.05, 3.63) is 36.5 Å². The molecule has 1 N–H and O–H groups in total. The quantitative estimate of drug-likeness (QED) is 0.720. The smallest absolute Gasteiger partial charge is 0.226 e. The predicted octanol–water partition coefficient (Wildman–Crippen LogP) is 1.98. The van der Waals surface area contributed by atoms with Crippen molar-refractivity contribution in [1.82, 2.24) is 24.8 Å². The topological polar surface area (TPSA) is 78.0 Å². The molecule has 0 saturated carbocycles. The lowest BCUT2D eigenvalue weighted by Gasteiger charge is -2.32. The van der Waals surface area contributed by atoms with Gasteiger partial charge in [-0.05, 0) is 32.2 Å². The number of aldehydes is 1. The number of carbonyl (C=O) groups is 1. The summed E-state index contributed by atoms with van der Waals surface area (Å²) in [4.78, 5) is 30.4. The molecule has 0 spiro atoms. The number of piperazine rings is 1. The van der Waals surface area contributed by atoms with Crippen LogP contribution in [0.25, 0.3) is 22.6 Å². The zero-order valence-corrected chi connectivity index (χ0v) is 14.5. The first-order valence-electron chi connectivity index (χ1n) is 8.32. The molecule has 0 amide bonds. The highest BCUT2D eigenvalue weighted by Gasteiger charge is 2.17. The molecule has 3 heterocycles. The fourth-order valence-corrected chi connectivity index (χ4v) is 2.71. The van der Waals surface area contributed by atoms with E-state index >= 15 is 0 Å². The standard InChI is InChI=1S/C16H18N6.C2H4O/c1-21-8-10-22(11-9-21)16-17-7-6-14(20-16)15-18-12-4-2-3-5-13(12)19-15;1-2-3/h2-7H,8-11H2,1H3,(H,18,19);2H,1H3. The molecule has 0 bridgehead atoms. The van der Waals surface area contributed by atoms with E-state index in [9.17, 15) is 0 Å². The molecule has 0 aliphatic carbocycles. The van der Waals surface area contributed by atoms with Crippen LogP contribution in [0.3, 0.4) is 0 Å². The van der Waals surface area contributed by atoms with Crippen molar-refractivity contribution >= 4 is 23.3 Å². The van der Waals surface area contributed by atoms with E-state index in [-0.39, 0.29) is 0 Å². The molecule has 1 aliphatic heterocycles. The molecule has 0 atom stereocenters. The van der Waals surface area contributed by atoms with Gasteiger partial charge in [0, 0.05) is 32.4 Å². The van der Waals surface area contributed by atoms with Gasteiger partial charge < -0.3 is 19.6 Å². The Hall–Kier alpha value is -2.80. The summed E-state index contributed by atoms with van der Waals surface area (Å²) in [7, 11) is 2.14. The van der Waals surface area contributed by atoms with Gasteiger partial charge >= 0.3 is 0 Å². The summed E-state index contributed by atoms with van der Waals surface area (Å²) < 4.78 is 0. The van der Waals surface area contributed by atoms with Gasteiger partial charge in [-0.2, -0.15) is 0 Å². The first-order valence-corrected chi connectivity index (χ1v) is 8.32. The molecule has 0 unspecified atom stereocenters. The Morgan fingerprint density at radius 3 is 2.52 bits per heavy atom. The van der Waals surface area contributed by atoms with E-state index in [1.165, 1.54) is 6.92 Å². The third-order valence-corrected chi connectivity index (χ3v) is 4.06. The first-order chi connectivity index (χ1) is 12.2. The number of nitrogens with one attached hydrogen (secondary N) is 1. The van der Waals surface area contributed by atoms with Gasteiger partial charge in [-0.25, -0.2) is 15.0 Å². The van der Waals surface area contributed by atoms with Gasteiger partial charge in [0.05, 0.1) is 11.0 Å². The van der Waals surface area contributed by atoms with Crippen molar-refractivity contribution in [2.24, 2.45) is 0 Å². The van der Waals surface area contributed by atoms with Gasteiger partial charge in [-0.15, -0.1) is 0 Å². The second kappa shape index (κ2) is 7.85. The van der Waals surface area contributed by atoms with Gasteiger partial charge in [-0.3, -0.25) is 0 Å². The van der Waals surface area contributed by atoms with Crippen molar-refractivity contribution in [2.45, 2.75) is 6.92 Å². The summed E-state index contributed by atoms with van der Waals surface area (Å²) in [6.45, 7) is 5.44. The Kier molecular flexibility index (Phi) is 5.35. The highest BCUT2D eigenvalue weighted by molar-refractivity contribution is 5.78. The van der Waals surface area contributed by atoms with E-state index in [4.69, 9.17) is 4.79 Å². The van der Waals surface area contributed by atoms with Crippen LogP contribution in [-0.2, 0) is 4.79 Å². The summed E-state index contributed by atoms with van der Waals surface area (Å²) in [5.41, 5.74) is 2.81. The molecular formula is C18H22N6O. The average molecular weight is 338 g/mol. The number of rotatable bonds is 2. The second-order valence-electron chi connectivity index (χ2n) is 5.87. The minimum atomic E-state index is 0.750. The maximum absolute atomic E-state index is 8.81. The van der Waals surface area contributed by atoms with Crippen molar-refractivity contribution in [1.29, 1.82) is 0 Å². The predicted molar refractivity (Wildman–Crippen MR) is 98.6 cm³/mol. The second-order valence-corrected chi connectivity index (χ2v) is 5.87. The SMILES string of the molecule is CC=O.CN1CCN(c2nccc(-c3nc4ccccc4[nH]3)n2)CC1. The molecule has 7 heteroatoms. The molecule has 1 aliphatic rings. The van der Waals surface area contributed by atoms with E-state index in [0.717, 1.165) is 61.0 Å². The van der Waals surface area contributed by atoms with E-state index in [0.29, 0.717) is 0 Å². The van der Waals surface area contributed by atoms with Crippen LogP contribution in [0.2, 0.25) is 0 Å². The van der Waals surface area contributed by atoms with Crippen LogP contribution in [0.4, 0.5) is 5.95 Å². The third kappa shape index (κ3) is 4.00. The third-order valence-electron chi connectivity index (χ3n) is 4.06. The molecule has 4 rings (SSSR count). The Morgan fingerprint density at radius 2 is 1.80 bits per heavy atom. The lowest BCUT2D eigenvalue weighted by Crippen LogP contribution is -2.45. The van der Waals surface area contributed by atoms with Crippen molar-refractivity contribution in [3.8, 4) is 11.5 Å². The van der Waals surface area contributed by atoms with E-state index in [1.807, 2.05) is 36.5 Å². The Morgan fingerprint density at radius 1 is 1.08 bits per heavy atom. The Labute approximate surface area is 146 Å². The fourth-order valence-electron chi connectivity index (χ4n) is 2.71. The molecule has 0 radical (unpaired) electrons. The summed E-state index contributed by atoms with van der Waals surface area (Å²) in [6, 6.07) is 9.91. The number of aromatic amines is 1. The maximum atomic E-state index is 8.81. The number of para-hydroxylation sites is 2. The number of benzene rings is 1. The number of nitrogens with zero attached hydrogens (tertiary/aromatic N) is 5. The van der Waals surface area contributed by atoms with Crippen LogP contribution < -0.4 is 4.90 Å². The van der Waals surface area contributed by atoms with Gasteiger partial charge in [0.15, 0.2) is 5.82 Å². The van der Waals surface area contributed by atoms with Crippen LogP contribution in [0.15, 0.2) is 36.5 Å². The first kappa shape index (κ1) is 17.0. The Balaban J connectivity index is 0.000000569. The van der Waals surface area contributed by atoms with E-state index in [2.05, 4.69) is 36.8 Å². The number of fused-ring (bicyclic) bond motifs is 1. The number of likely N-dealkylation sites (N-methyl/N-ethyl adjacent to an activating group) is 1. The van der Waals surface area contributed by atoms with Crippen LogP contribution in [0, 0.1) is 0 Å². The highest BCUT2D eigenvalue weighted by atomic mass is 16.1. The van der Waals surface area contributed by atoms with Gasteiger partial charge in [0.1, 0.15) is 12.0 Å². The highest BCUT2D eigenvalue weighted by Crippen LogP contribution is 2.20. The van der Waals surface area contributed by atoms with Crippen molar-refractivity contribution in [3.63, 3.8) is 0 Å². The lowest BCUT2D eigenvalue weighted by molar-refractivity contribution is -0.106. The van der Waals surface area contributed by atoms with Crippen LogP contribution in [0.5, 0.6) is 0 Å². The number of aromatic nitrogens is 4. The minimum Gasteiger partial charge on any atom is -0.338 e. The van der Waals surface area contributed by atoms with Gasteiger partial charge in [-0.1, -0.05) is 12.1 Å². The molecule has 1 fully saturated rings. The summed E-state index contributed by atoms with van der Waals surface area (Å²) in [6.07, 6.45) is 2.56. The molecule has 1 aromatic carbocycles. The minimum absolute atomic E-state index is 0.750. The number of imidazole rings is 1.